The van der Waals surface area contributed by atoms with Crippen LogP contribution in [0.2, 0.25) is 0 Å². The molecule has 1 fully saturated rings. The lowest BCUT2D eigenvalue weighted by Crippen LogP contribution is -2.25. The van der Waals surface area contributed by atoms with Crippen LogP contribution in [-0.2, 0) is 0 Å². The Hall–Kier alpha value is -0.860. The minimum absolute atomic E-state index is 0.302. The maximum Gasteiger partial charge on any atom is 0.0443 e. The number of aryl methyl sites for hydroxylation is 2. The average molecular weight is 233 g/mol. The largest absolute Gasteiger partial charge is 0.396 e. The Bertz CT molecular complexity index is 375. The zero-order valence-corrected chi connectivity index (χ0v) is 10.9. The van der Waals surface area contributed by atoms with Gasteiger partial charge in [-0.25, -0.2) is 0 Å². The molecule has 0 aromatic heterocycles. The van der Waals surface area contributed by atoms with Crippen molar-refractivity contribution in [2.75, 3.05) is 19.7 Å². The number of hydrogen-bond acceptors (Lipinski definition) is 2. The minimum atomic E-state index is 0.302. The van der Waals surface area contributed by atoms with Gasteiger partial charge in [0.05, 0.1) is 0 Å². The van der Waals surface area contributed by atoms with Gasteiger partial charge in [-0.1, -0.05) is 23.8 Å². The molecule has 2 heteroatoms. The minimum Gasteiger partial charge on any atom is -0.396 e. The Labute approximate surface area is 104 Å². The van der Waals surface area contributed by atoms with Gasteiger partial charge < -0.3 is 5.11 Å². The third-order valence-corrected chi connectivity index (χ3v) is 3.76. The second-order valence-electron chi connectivity index (χ2n) is 5.13. The van der Waals surface area contributed by atoms with Crippen molar-refractivity contribution in [3.63, 3.8) is 0 Å². The molecular formula is C15H23NO. The molecular weight excluding hydrogens is 210 g/mol. The molecule has 94 valence electrons. The van der Waals surface area contributed by atoms with E-state index in [4.69, 9.17) is 5.11 Å². The van der Waals surface area contributed by atoms with Crippen LogP contribution in [0.5, 0.6) is 0 Å². The van der Waals surface area contributed by atoms with Crippen molar-refractivity contribution >= 4 is 0 Å². The van der Waals surface area contributed by atoms with Crippen LogP contribution in [0.25, 0.3) is 0 Å². The maximum atomic E-state index is 8.96. The van der Waals surface area contributed by atoms with Gasteiger partial charge in [-0.2, -0.15) is 0 Å². The van der Waals surface area contributed by atoms with Crippen molar-refractivity contribution in [1.29, 1.82) is 0 Å². The summed E-state index contributed by atoms with van der Waals surface area (Å²) in [7, 11) is 0. The van der Waals surface area contributed by atoms with Crippen molar-refractivity contribution in [2.45, 2.75) is 39.2 Å². The van der Waals surface area contributed by atoms with Gasteiger partial charge in [-0.3, -0.25) is 4.90 Å². The summed E-state index contributed by atoms with van der Waals surface area (Å²) in [4.78, 5) is 2.53. The smallest absolute Gasteiger partial charge is 0.0443 e. The molecule has 0 radical (unpaired) electrons. The fraction of sp³-hybridized carbons (Fsp3) is 0.600. The molecule has 1 N–H and O–H groups in total. The molecule has 0 saturated carbocycles. The van der Waals surface area contributed by atoms with Gasteiger partial charge in [-0.15, -0.1) is 0 Å². The highest BCUT2D eigenvalue weighted by Gasteiger charge is 2.26. The van der Waals surface area contributed by atoms with E-state index in [0.717, 1.165) is 13.0 Å². The van der Waals surface area contributed by atoms with Gasteiger partial charge in [0, 0.05) is 19.2 Å². The summed E-state index contributed by atoms with van der Waals surface area (Å²) in [5.41, 5.74) is 4.23. The molecule has 0 aliphatic carbocycles. The Balaban J connectivity index is 2.16. The first-order chi connectivity index (χ1) is 8.22. The van der Waals surface area contributed by atoms with E-state index < -0.39 is 0 Å². The van der Waals surface area contributed by atoms with Crippen LogP contribution < -0.4 is 0 Å². The van der Waals surface area contributed by atoms with E-state index >= 15 is 0 Å². The highest BCUT2D eigenvalue weighted by Crippen LogP contribution is 2.34. The lowest BCUT2D eigenvalue weighted by Gasteiger charge is -2.26. The topological polar surface area (TPSA) is 23.5 Å². The number of aliphatic hydroxyl groups excluding tert-OH is 1. The Morgan fingerprint density at radius 1 is 1.35 bits per heavy atom. The zero-order valence-electron chi connectivity index (χ0n) is 10.9. The van der Waals surface area contributed by atoms with Gasteiger partial charge in [0.1, 0.15) is 0 Å². The fourth-order valence-electron chi connectivity index (χ4n) is 2.84. The summed E-state index contributed by atoms with van der Waals surface area (Å²) in [6.07, 6.45) is 3.43. The molecule has 0 bridgehead atoms. The molecule has 0 spiro atoms. The summed E-state index contributed by atoms with van der Waals surface area (Å²) in [6.45, 7) is 6.87. The second-order valence-corrected chi connectivity index (χ2v) is 5.13. The molecule has 17 heavy (non-hydrogen) atoms. The molecule has 1 atom stereocenters. The summed E-state index contributed by atoms with van der Waals surface area (Å²) < 4.78 is 0. The highest BCUT2D eigenvalue weighted by atomic mass is 16.3. The van der Waals surface area contributed by atoms with Crippen LogP contribution in [0.3, 0.4) is 0 Å². The Morgan fingerprint density at radius 3 is 2.94 bits per heavy atom. The monoisotopic (exact) mass is 233 g/mol. The van der Waals surface area contributed by atoms with E-state index in [0.29, 0.717) is 12.6 Å². The van der Waals surface area contributed by atoms with E-state index in [1.165, 1.54) is 36.1 Å². The second kappa shape index (κ2) is 5.65. The molecule has 1 aliphatic heterocycles. The lowest BCUT2D eigenvalue weighted by atomic mass is 9.97. The predicted molar refractivity (Wildman–Crippen MR) is 71.2 cm³/mol. The van der Waals surface area contributed by atoms with Crippen molar-refractivity contribution in [3.8, 4) is 0 Å². The van der Waals surface area contributed by atoms with E-state index in [2.05, 4.69) is 36.9 Å². The van der Waals surface area contributed by atoms with E-state index in [1.54, 1.807) is 0 Å². The molecule has 1 aliphatic rings. The first-order valence-corrected chi connectivity index (χ1v) is 6.64. The normalized spacial score (nSPS) is 21.0. The molecule has 0 amide bonds. The van der Waals surface area contributed by atoms with Crippen LogP contribution >= 0.6 is 0 Å². The van der Waals surface area contributed by atoms with Crippen LogP contribution in [-0.4, -0.2) is 29.7 Å². The van der Waals surface area contributed by atoms with Crippen molar-refractivity contribution in [1.82, 2.24) is 4.90 Å². The van der Waals surface area contributed by atoms with E-state index in [9.17, 15) is 0 Å². The van der Waals surface area contributed by atoms with Gasteiger partial charge in [-0.05, 0) is 50.8 Å². The fourth-order valence-corrected chi connectivity index (χ4v) is 2.84. The van der Waals surface area contributed by atoms with Gasteiger partial charge >= 0.3 is 0 Å². The molecule has 1 aromatic carbocycles. The SMILES string of the molecule is Cc1ccc(C)c(C2CCCN2CCCO)c1. The van der Waals surface area contributed by atoms with Crippen LogP contribution in [0.1, 0.15) is 42.0 Å². The average Bonchev–Trinajstić information content (AvgIpc) is 2.77. The van der Waals surface area contributed by atoms with Crippen molar-refractivity contribution in [3.05, 3.63) is 34.9 Å². The molecule has 1 heterocycles. The van der Waals surface area contributed by atoms with Crippen molar-refractivity contribution in [2.24, 2.45) is 0 Å². The van der Waals surface area contributed by atoms with Gasteiger partial charge in [0.2, 0.25) is 0 Å². The quantitative estimate of drug-likeness (QED) is 0.864. The number of aliphatic hydroxyl groups is 1. The van der Waals surface area contributed by atoms with Crippen LogP contribution in [0.4, 0.5) is 0 Å². The first kappa shape index (κ1) is 12.6. The maximum absolute atomic E-state index is 8.96. The summed E-state index contributed by atoms with van der Waals surface area (Å²) in [6, 6.07) is 7.32. The molecule has 2 rings (SSSR count). The number of likely N-dealkylation sites (tertiary alicyclic amines) is 1. The summed E-state index contributed by atoms with van der Waals surface area (Å²) >= 11 is 0. The molecule has 1 unspecified atom stereocenters. The Morgan fingerprint density at radius 2 is 2.18 bits per heavy atom. The Kier molecular flexibility index (Phi) is 4.19. The number of rotatable bonds is 4. The molecule has 1 saturated heterocycles. The predicted octanol–water partition coefficient (Wildman–Crippen LogP) is 2.82. The van der Waals surface area contributed by atoms with Gasteiger partial charge in [0.15, 0.2) is 0 Å². The standard InChI is InChI=1S/C15H23NO/c1-12-6-7-13(2)14(11-12)15-5-3-8-16(15)9-4-10-17/h6-7,11,15,17H,3-5,8-10H2,1-2H3. The number of hydrogen-bond donors (Lipinski definition) is 1. The summed E-state index contributed by atoms with van der Waals surface area (Å²) in [5.74, 6) is 0. The first-order valence-electron chi connectivity index (χ1n) is 6.64. The zero-order chi connectivity index (χ0) is 12.3. The van der Waals surface area contributed by atoms with Crippen LogP contribution in [0, 0.1) is 13.8 Å². The molecule has 1 aromatic rings. The third kappa shape index (κ3) is 2.88. The molecule has 2 nitrogen and oxygen atoms in total. The third-order valence-electron chi connectivity index (χ3n) is 3.76. The number of nitrogens with zero attached hydrogens (tertiary/aromatic N) is 1. The van der Waals surface area contributed by atoms with E-state index in [1.807, 2.05) is 0 Å². The van der Waals surface area contributed by atoms with Crippen LogP contribution in [0.15, 0.2) is 18.2 Å². The van der Waals surface area contributed by atoms with Gasteiger partial charge in [0.25, 0.3) is 0 Å². The lowest BCUT2D eigenvalue weighted by molar-refractivity contribution is 0.213. The van der Waals surface area contributed by atoms with Crippen molar-refractivity contribution < 1.29 is 5.11 Å². The van der Waals surface area contributed by atoms with E-state index in [-0.39, 0.29) is 0 Å². The summed E-state index contributed by atoms with van der Waals surface area (Å²) in [5, 5.41) is 8.96. The number of benzene rings is 1. The highest BCUT2D eigenvalue weighted by molar-refractivity contribution is 5.33.